The molecule has 0 rings (SSSR count). The Kier molecular flexibility index (Phi) is 5.72. The molecule has 3 heteroatoms. The number of nitrogens with two attached hydrogens (primary N) is 1. The highest BCUT2D eigenvalue weighted by atomic mass is 16.2. The van der Waals surface area contributed by atoms with Gasteiger partial charge in [-0.2, -0.15) is 0 Å². The summed E-state index contributed by atoms with van der Waals surface area (Å²) in [6.45, 7) is 6.86. The Morgan fingerprint density at radius 1 is 1.58 bits per heavy atom. The molecule has 0 aliphatic rings. The molecule has 12 heavy (non-hydrogen) atoms. The summed E-state index contributed by atoms with van der Waals surface area (Å²) in [6.07, 6.45) is 1.72. The Morgan fingerprint density at radius 2 is 2.17 bits per heavy atom. The maximum absolute atomic E-state index is 11.2. The van der Waals surface area contributed by atoms with E-state index < -0.39 is 0 Å². The second kappa shape index (κ2) is 6.00. The van der Waals surface area contributed by atoms with Crippen LogP contribution in [-0.2, 0) is 4.79 Å². The molecular formula is C9H22N2O. The molecule has 0 aromatic heterocycles. The zero-order chi connectivity index (χ0) is 9.56. The fourth-order valence-corrected chi connectivity index (χ4v) is 0.878. The van der Waals surface area contributed by atoms with E-state index in [0.29, 0.717) is 5.92 Å². The predicted octanol–water partition coefficient (Wildman–Crippen LogP) is 1.13. The van der Waals surface area contributed by atoms with Crippen molar-refractivity contribution in [2.75, 3.05) is 6.54 Å². The van der Waals surface area contributed by atoms with Crippen LogP contribution in [0.3, 0.4) is 0 Å². The van der Waals surface area contributed by atoms with E-state index in [-0.39, 0.29) is 13.4 Å². The van der Waals surface area contributed by atoms with Crippen LogP contribution >= 0.6 is 0 Å². The number of carbonyl (C=O) groups is 1. The molecular weight excluding hydrogens is 152 g/mol. The molecule has 0 spiro atoms. The van der Waals surface area contributed by atoms with Crippen molar-refractivity contribution in [3.63, 3.8) is 0 Å². The average Bonchev–Trinajstić information content (AvgIpc) is 2.00. The zero-order valence-corrected chi connectivity index (χ0v) is 8.26. The summed E-state index contributed by atoms with van der Waals surface area (Å²) in [6, 6.07) is -0.325. The maximum atomic E-state index is 11.2. The van der Waals surface area contributed by atoms with Crippen LogP contribution < -0.4 is 11.1 Å². The van der Waals surface area contributed by atoms with Crippen molar-refractivity contribution in [2.45, 2.75) is 39.7 Å². The van der Waals surface area contributed by atoms with Crippen molar-refractivity contribution in [1.82, 2.24) is 5.32 Å². The van der Waals surface area contributed by atoms with Crippen molar-refractivity contribution in [2.24, 2.45) is 11.7 Å². The van der Waals surface area contributed by atoms with Crippen LogP contribution in [0.4, 0.5) is 0 Å². The van der Waals surface area contributed by atoms with Crippen LogP contribution in [0.5, 0.6) is 0 Å². The Labute approximate surface area is 76.2 Å². The van der Waals surface area contributed by atoms with E-state index in [9.17, 15) is 4.79 Å². The standard InChI is InChI=1S/C9H20N2O.H2/c1-4-5-8(10)9(12)11-6-7(2)3;/h7-8H,4-6,10H2,1-3H3,(H,11,12);1H/t8-;/m0./s1. The van der Waals surface area contributed by atoms with Gasteiger partial charge in [-0.05, 0) is 12.3 Å². The Hall–Kier alpha value is -0.570. The van der Waals surface area contributed by atoms with E-state index in [1.807, 2.05) is 6.92 Å². The molecule has 0 aromatic carbocycles. The highest BCUT2D eigenvalue weighted by Gasteiger charge is 2.11. The summed E-state index contributed by atoms with van der Waals surface area (Å²) in [5, 5.41) is 2.80. The smallest absolute Gasteiger partial charge is 0.236 e. The van der Waals surface area contributed by atoms with E-state index in [4.69, 9.17) is 5.73 Å². The van der Waals surface area contributed by atoms with Gasteiger partial charge < -0.3 is 11.1 Å². The molecule has 0 heterocycles. The van der Waals surface area contributed by atoms with Gasteiger partial charge in [-0.15, -0.1) is 0 Å². The van der Waals surface area contributed by atoms with E-state index in [1.165, 1.54) is 0 Å². The topological polar surface area (TPSA) is 55.1 Å². The highest BCUT2D eigenvalue weighted by molar-refractivity contribution is 5.81. The SMILES string of the molecule is CCC[C@H](N)C(=O)NCC(C)C.[HH]. The number of carbonyl (C=O) groups excluding carboxylic acids is 1. The third-order valence-corrected chi connectivity index (χ3v) is 1.62. The minimum absolute atomic E-state index is 0. The summed E-state index contributed by atoms with van der Waals surface area (Å²) >= 11 is 0. The largest absolute Gasteiger partial charge is 0.354 e. The lowest BCUT2D eigenvalue weighted by Gasteiger charge is -2.12. The summed E-state index contributed by atoms with van der Waals surface area (Å²) < 4.78 is 0. The van der Waals surface area contributed by atoms with E-state index in [2.05, 4.69) is 19.2 Å². The van der Waals surface area contributed by atoms with Crippen molar-refractivity contribution in [3.05, 3.63) is 0 Å². The monoisotopic (exact) mass is 174 g/mol. The zero-order valence-electron chi connectivity index (χ0n) is 8.26. The lowest BCUT2D eigenvalue weighted by molar-refractivity contribution is -0.122. The number of hydrogen-bond donors (Lipinski definition) is 2. The minimum atomic E-state index is -0.325. The second-order valence-electron chi connectivity index (χ2n) is 3.53. The molecule has 0 saturated carbocycles. The van der Waals surface area contributed by atoms with Gasteiger partial charge in [-0.3, -0.25) is 4.79 Å². The van der Waals surface area contributed by atoms with Crippen LogP contribution in [0.25, 0.3) is 0 Å². The molecule has 0 radical (unpaired) electrons. The fourth-order valence-electron chi connectivity index (χ4n) is 0.878. The molecule has 3 N–H and O–H groups in total. The summed E-state index contributed by atoms with van der Waals surface area (Å²) in [5.74, 6) is 0.466. The predicted molar refractivity (Wildman–Crippen MR) is 52.8 cm³/mol. The van der Waals surface area contributed by atoms with Gasteiger partial charge in [0.15, 0.2) is 0 Å². The van der Waals surface area contributed by atoms with Crippen LogP contribution in [0.1, 0.15) is 35.0 Å². The Balaban J connectivity index is 0. The number of hydrogen-bond acceptors (Lipinski definition) is 2. The summed E-state index contributed by atoms with van der Waals surface area (Å²) in [7, 11) is 0. The molecule has 3 nitrogen and oxygen atoms in total. The van der Waals surface area contributed by atoms with Crippen molar-refractivity contribution >= 4 is 5.91 Å². The van der Waals surface area contributed by atoms with Crippen LogP contribution in [-0.4, -0.2) is 18.5 Å². The first kappa shape index (κ1) is 11.4. The van der Waals surface area contributed by atoms with Crippen molar-refractivity contribution in [1.29, 1.82) is 0 Å². The van der Waals surface area contributed by atoms with Gasteiger partial charge in [0.2, 0.25) is 5.91 Å². The molecule has 1 atom stereocenters. The molecule has 0 unspecified atom stereocenters. The third-order valence-electron chi connectivity index (χ3n) is 1.62. The quantitative estimate of drug-likeness (QED) is 0.656. The number of rotatable bonds is 5. The molecule has 0 aliphatic carbocycles. The molecule has 0 fully saturated rings. The first-order chi connectivity index (χ1) is 5.57. The van der Waals surface area contributed by atoms with Gasteiger partial charge in [-0.25, -0.2) is 0 Å². The van der Waals surface area contributed by atoms with Gasteiger partial charge in [-0.1, -0.05) is 27.2 Å². The maximum Gasteiger partial charge on any atom is 0.236 e. The summed E-state index contributed by atoms with van der Waals surface area (Å²) in [4.78, 5) is 11.2. The molecule has 0 bridgehead atoms. The number of amides is 1. The fraction of sp³-hybridized carbons (Fsp3) is 0.889. The molecule has 1 amide bonds. The van der Waals surface area contributed by atoms with Crippen molar-refractivity contribution in [3.8, 4) is 0 Å². The summed E-state index contributed by atoms with van der Waals surface area (Å²) in [5.41, 5.74) is 5.60. The third kappa shape index (κ3) is 5.13. The molecule has 0 aromatic rings. The lowest BCUT2D eigenvalue weighted by atomic mass is 10.1. The second-order valence-corrected chi connectivity index (χ2v) is 3.53. The molecule has 74 valence electrons. The molecule has 0 aliphatic heterocycles. The Bertz CT molecular complexity index is 140. The highest BCUT2D eigenvalue weighted by Crippen LogP contribution is 1.94. The molecule has 0 saturated heterocycles. The first-order valence-electron chi connectivity index (χ1n) is 4.61. The van der Waals surface area contributed by atoms with Gasteiger partial charge in [0, 0.05) is 7.97 Å². The average molecular weight is 174 g/mol. The van der Waals surface area contributed by atoms with Gasteiger partial charge in [0.25, 0.3) is 0 Å². The van der Waals surface area contributed by atoms with Crippen molar-refractivity contribution < 1.29 is 6.22 Å². The van der Waals surface area contributed by atoms with Gasteiger partial charge in [0.1, 0.15) is 0 Å². The normalized spacial score (nSPS) is 13.1. The van der Waals surface area contributed by atoms with Crippen LogP contribution in [0, 0.1) is 5.92 Å². The van der Waals surface area contributed by atoms with E-state index in [0.717, 1.165) is 19.4 Å². The number of nitrogens with one attached hydrogen (secondary N) is 1. The Morgan fingerprint density at radius 3 is 2.58 bits per heavy atom. The first-order valence-corrected chi connectivity index (χ1v) is 4.61. The van der Waals surface area contributed by atoms with Gasteiger partial charge >= 0.3 is 0 Å². The lowest BCUT2D eigenvalue weighted by Crippen LogP contribution is -2.41. The van der Waals surface area contributed by atoms with Crippen LogP contribution in [0.15, 0.2) is 0 Å². The van der Waals surface area contributed by atoms with E-state index in [1.54, 1.807) is 0 Å². The van der Waals surface area contributed by atoms with E-state index >= 15 is 0 Å². The minimum Gasteiger partial charge on any atom is -0.354 e. The van der Waals surface area contributed by atoms with Crippen LogP contribution in [0.2, 0.25) is 0 Å². The van der Waals surface area contributed by atoms with Gasteiger partial charge in [0.05, 0.1) is 6.04 Å².